The number of hydrogen-bond acceptors (Lipinski definition) is 3. The molecule has 0 atom stereocenters. The fourth-order valence-corrected chi connectivity index (χ4v) is 2.07. The fraction of sp³-hybridized carbons (Fsp3) is 0.308. The van der Waals surface area contributed by atoms with E-state index in [1.165, 1.54) is 6.07 Å². The molecule has 0 radical (unpaired) electrons. The summed E-state index contributed by atoms with van der Waals surface area (Å²) in [6.45, 7) is 1.53. The molecule has 0 aliphatic carbocycles. The lowest BCUT2D eigenvalue weighted by molar-refractivity contribution is 0.190. The van der Waals surface area contributed by atoms with Gasteiger partial charge in [0.25, 0.3) is 0 Å². The lowest BCUT2D eigenvalue weighted by Crippen LogP contribution is -2.05. The van der Waals surface area contributed by atoms with Crippen molar-refractivity contribution in [1.82, 2.24) is 9.55 Å². The van der Waals surface area contributed by atoms with Crippen LogP contribution in [-0.2, 0) is 11.3 Å². The summed E-state index contributed by atoms with van der Waals surface area (Å²) in [6.07, 6.45) is 4.54. The number of nitrogens with zero attached hydrogens (tertiary/aromatic N) is 2. The third-order valence-electron chi connectivity index (χ3n) is 2.64. The highest BCUT2D eigenvalue weighted by atomic mass is 79.9. The zero-order chi connectivity index (χ0) is 13.7. The van der Waals surface area contributed by atoms with Crippen LogP contribution in [-0.4, -0.2) is 23.3 Å². The van der Waals surface area contributed by atoms with Crippen LogP contribution in [0.15, 0.2) is 35.1 Å². The molecule has 0 aliphatic rings. The molecule has 1 aromatic carbocycles. The van der Waals surface area contributed by atoms with Crippen molar-refractivity contribution >= 4 is 27.6 Å². The SMILES string of the molecule is COCCCn1ccnc1Nc1ccc(F)c(Br)c1. The topological polar surface area (TPSA) is 39.1 Å². The van der Waals surface area contributed by atoms with E-state index in [1.54, 1.807) is 25.4 Å². The minimum atomic E-state index is -0.283. The van der Waals surface area contributed by atoms with Gasteiger partial charge in [-0.15, -0.1) is 0 Å². The van der Waals surface area contributed by atoms with E-state index >= 15 is 0 Å². The van der Waals surface area contributed by atoms with Crippen LogP contribution in [0.5, 0.6) is 0 Å². The molecule has 0 aliphatic heterocycles. The van der Waals surface area contributed by atoms with Crippen LogP contribution in [0.4, 0.5) is 16.0 Å². The molecule has 6 heteroatoms. The normalized spacial score (nSPS) is 10.7. The average molecular weight is 328 g/mol. The molecule has 4 nitrogen and oxygen atoms in total. The van der Waals surface area contributed by atoms with Gasteiger partial charge in [0.05, 0.1) is 4.47 Å². The Kier molecular flexibility index (Phi) is 4.93. The van der Waals surface area contributed by atoms with Crippen molar-refractivity contribution in [1.29, 1.82) is 0 Å². The molecule has 0 unspecified atom stereocenters. The molecule has 0 amide bonds. The first kappa shape index (κ1) is 14.0. The highest BCUT2D eigenvalue weighted by Crippen LogP contribution is 2.22. The second-order valence-electron chi connectivity index (χ2n) is 4.04. The summed E-state index contributed by atoms with van der Waals surface area (Å²) in [5, 5.41) is 3.16. The second kappa shape index (κ2) is 6.68. The van der Waals surface area contributed by atoms with Gasteiger partial charge < -0.3 is 14.6 Å². The van der Waals surface area contributed by atoms with Gasteiger partial charge in [-0.25, -0.2) is 9.37 Å². The van der Waals surface area contributed by atoms with Crippen molar-refractivity contribution in [3.05, 3.63) is 40.9 Å². The van der Waals surface area contributed by atoms with Gasteiger partial charge in [0, 0.05) is 38.3 Å². The number of nitrogens with one attached hydrogen (secondary N) is 1. The van der Waals surface area contributed by atoms with Crippen molar-refractivity contribution in [3.63, 3.8) is 0 Å². The maximum absolute atomic E-state index is 13.2. The highest BCUT2D eigenvalue weighted by Gasteiger charge is 2.05. The predicted molar refractivity (Wildman–Crippen MR) is 76.1 cm³/mol. The van der Waals surface area contributed by atoms with Crippen molar-refractivity contribution in [2.24, 2.45) is 0 Å². The van der Waals surface area contributed by atoms with Crippen LogP contribution in [0.3, 0.4) is 0 Å². The van der Waals surface area contributed by atoms with Crippen molar-refractivity contribution in [3.8, 4) is 0 Å². The van der Waals surface area contributed by atoms with Gasteiger partial charge in [-0.05, 0) is 40.5 Å². The molecule has 1 heterocycles. The Morgan fingerprint density at radius 1 is 1.47 bits per heavy atom. The number of rotatable bonds is 6. The predicted octanol–water partition coefficient (Wildman–Crippen LogP) is 3.56. The Morgan fingerprint density at radius 2 is 2.32 bits per heavy atom. The summed E-state index contributed by atoms with van der Waals surface area (Å²) in [7, 11) is 1.68. The number of imidazole rings is 1. The summed E-state index contributed by atoms with van der Waals surface area (Å²) >= 11 is 3.16. The van der Waals surface area contributed by atoms with E-state index in [9.17, 15) is 4.39 Å². The maximum Gasteiger partial charge on any atom is 0.207 e. The monoisotopic (exact) mass is 327 g/mol. The van der Waals surface area contributed by atoms with E-state index in [-0.39, 0.29) is 5.82 Å². The molecular formula is C13H15BrFN3O. The van der Waals surface area contributed by atoms with Crippen LogP contribution in [0.1, 0.15) is 6.42 Å². The molecule has 0 saturated heterocycles. The number of halogens is 2. The van der Waals surface area contributed by atoms with E-state index in [0.29, 0.717) is 11.1 Å². The van der Waals surface area contributed by atoms with E-state index in [0.717, 1.165) is 24.6 Å². The number of anilines is 2. The van der Waals surface area contributed by atoms with Crippen molar-refractivity contribution in [2.75, 3.05) is 19.0 Å². The van der Waals surface area contributed by atoms with Crippen LogP contribution >= 0.6 is 15.9 Å². The summed E-state index contributed by atoms with van der Waals surface area (Å²) in [6, 6.07) is 4.77. The molecule has 1 N–H and O–H groups in total. The molecule has 19 heavy (non-hydrogen) atoms. The van der Waals surface area contributed by atoms with Crippen LogP contribution < -0.4 is 5.32 Å². The fourth-order valence-electron chi connectivity index (χ4n) is 1.70. The zero-order valence-electron chi connectivity index (χ0n) is 10.6. The van der Waals surface area contributed by atoms with Gasteiger partial charge in [0.2, 0.25) is 5.95 Å². The Labute approximate surface area is 119 Å². The van der Waals surface area contributed by atoms with Gasteiger partial charge in [0.15, 0.2) is 0 Å². The summed E-state index contributed by atoms with van der Waals surface area (Å²) < 4.78 is 20.6. The smallest absolute Gasteiger partial charge is 0.207 e. The van der Waals surface area contributed by atoms with Crippen LogP contribution in [0.2, 0.25) is 0 Å². The molecule has 0 saturated carbocycles. The highest BCUT2D eigenvalue weighted by molar-refractivity contribution is 9.10. The largest absolute Gasteiger partial charge is 0.385 e. The van der Waals surface area contributed by atoms with Gasteiger partial charge in [-0.1, -0.05) is 0 Å². The average Bonchev–Trinajstić information content (AvgIpc) is 2.82. The number of hydrogen-bond donors (Lipinski definition) is 1. The molecule has 0 spiro atoms. The van der Waals surface area contributed by atoms with Gasteiger partial charge in [-0.2, -0.15) is 0 Å². The van der Waals surface area contributed by atoms with E-state index in [1.807, 2.05) is 10.8 Å². The molecule has 2 aromatic rings. The quantitative estimate of drug-likeness (QED) is 0.824. The molecular weight excluding hydrogens is 313 g/mol. The Hall–Kier alpha value is -1.40. The molecule has 102 valence electrons. The zero-order valence-corrected chi connectivity index (χ0v) is 12.2. The van der Waals surface area contributed by atoms with Crippen molar-refractivity contribution < 1.29 is 9.13 Å². The number of benzene rings is 1. The van der Waals surface area contributed by atoms with Crippen molar-refractivity contribution in [2.45, 2.75) is 13.0 Å². The van der Waals surface area contributed by atoms with Gasteiger partial charge in [-0.3, -0.25) is 0 Å². The van der Waals surface area contributed by atoms with Crippen LogP contribution in [0.25, 0.3) is 0 Å². The standard InChI is InChI=1S/C13H15BrFN3O/c1-19-8-2-6-18-7-5-16-13(18)17-10-3-4-12(15)11(14)9-10/h3-5,7,9H,2,6,8H2,1H3,(H,16,17). The van der Waals surface area contributed by atoms with E-state index < -0.39 is 0 Å². The van der Waals surface area contributed by atoms with E-state index in [2.05, 4.69) is 26.2 Å². The third-order valence-corrected chi connectivity index (χ3v) is 3.25. The Bertz CT molecular complexity index is 544. The first-order chi connectivity index (χ1) is 9.20. The van der Waals surface area contributed by atoms with Gasteiger partial charge >= 0.3 is 0 Å². The number of aryl methyl sites for hydroxylation is 1. The number of ether oxygens (including phenoxy) is 1. The van der Waals surface area contributed by atoms with E-state index in [4.69, 9.17) is 4.74 Å². The molecule has 0 fully saturated rings. The minimum Gasteiger partial charge on any atom is -0.385 e. The summed E-state index contributed by atoms with van der Waals surface area (Å²) in [5.41, 5.74) is 0.785. The first-order valence-corrected chi connectivity index (χ1v) is 6.72. The van der Waals surface area contributed by atoms with Gasteiger partial charge in [0.1, 0.15) is 5.82 Å². The summed E-state index contributed by atoms with van der Waals surface area (Å²) in [4.78, 5) is 4.24. The lowest BCUT2D eigenvalue weighted by Gasteiger charge is -2.10. The molecule has 1 aromatic heterocycles. The third kappa shape index (κ3) is 3.78. The first-order valence-electron chi connectivity index (χ1n) is 5.93. The van der Waals surface area contributed by atoms with Crippen LogP contribution in [0, 0.1) is 5.82 Å². The minimum absolute atomic E-state index is 0.283. The molecule has 0 bridgehead atoms. The lowest BCUT2D eigenvalue weighted by atomic mass is 10.3. The Morgan fingerprint density at radius 3 is 3.05 bits per heavy atom. The second-order valence-corrected chi connectivity index (χ2v) is 4.90. The summed E-state index contributed by atoms with van der Waals surface area (Å²) in [5.74, 6) is 0.448. The number of aromatic nitrogens is 2. The number of methoxy groups -OCH3 is 1. The molecule has 2 rings (SSSR count). The Balaban J connectivity index is 2.06. The maximum atomic E-state index is 13.2.